The highest BCUT2D eigenvalue weighted by Crippen LogP contribution is 2.17. The fourth-order valence-electron chi connectivity index (χ4n) is 3.15. The summed E-state index contributed by atoms with van der Waals surface area (Å²) in [4.78, 5) is 10.6. The minimum atomic E-state index is -3.37. The summed E-state index contributed by atoms with van der Waals surface area (Å²) < 4.78 is 34.0. The van der Waals surface area contributed by atoms with Gasteiger partial charge in [-0.05, 0) is 18.2 Å². The van der Waals surface area contributed by atoms with Crippen LogP contribution in [0.1, 0.15) is 0 Å². The van der Waals surface area contributed by atoms with Crippen molar-refractivity contribution in [3.8, 4) is 11.6 Å². The molecule has 1 aliphatic rings. The number of hydrogen-bond acceptors (Lipinski definition) is 7. The topological polar surface area (TPSA) is 93.5 Å². The molecule has 0 N–H and O–H groups in total. The van der Waals surface area contributed by atoms with Gasteiger partial charge in [-0.25, -0.2) is 23.1 Å². The lowest BCUT2D eigenvalue weighted by Crippen LogP contribution is -2.50. The van der Waals surface area contributed by atoms with Crippen LogP contribution in [0.5, 0.6) is 5.75 Å². The Morgan fingerprint density at radius 3 is 2.45 bits per heavy atom. The summed E-state index contributed by atoms with van der Waals surface area (Å²) in [5, 5.41) is 4.18. The lowest BCUT2D eigenvalue weighted by Gasteiger charge is -2.34. The van der Waals surface area contributed by atoms with Gasteiger partial charge in [-0.3, -0.25) is 0 Å². The van der Waals surface area contributed by atoms with Gasteiger partial charge in [-0.2, -0.15) is 9.40 Å². The van der Waals surface area contributed by atoms with Crippen LogP contribution in [0.15, 0.2) is 61.2 Å². The fraction of sp³-hybridized carbons (Fsp3) is 0.316. The Hall–Kier alpha value is -2.98. The van der Waals surface area contributed by atoms with Crippen LogP contribution in [0.25, 0.3) is 5.82 Å². The van der Waals surface area contributed by atoms with E-state index in [0.29, 0.717) is 37.7 Å². The maximum Gasteiger partial charge on any atom is 0.217 e. The van der Waals surface area contributed by atoms with E-state index < -0.39 is 10.0 Å². The number of sulfonamides is 1. The Kier molecular flexibility index (Phi) is 5.72. The molecule has 0 radical (unpaired) electrons. The van der Waals surface area contributed by atoms with E-state index in [4.69, 9.17) is 4.74 Å². The molecular weight excluding hydrogens is 392 g/mol. The highest BCUT2D eigenvalue weighted by Gasteiger charge is 2.27. The number of piperazine rings is 1. The highest BCUT2D eigenvalue weighted by molar-refractivity contribution is 7.89. The molecule has 1 aromatic carbocycles. The molecular formula is C19H22N6O3S. The van der Waals surface area contributed by atoms with Crippen molar-refractivity contribution in [2.45, 2.75) is 0 Å². The van der Waals surface area contributed by atoms with Crippen LogP contribution in [-0.2, 0) is 10.0 Å². The summed E-state index contributed by atoms with van der Waals surface area (Å²) >= 11 is 0. The first-order chi connectivity index (χ1) is 14.1. The number of nitrogens with zero attached hydrogens (tertiary/aromatic N) is 6. The Bertz CT molecular complexity index is 1020. The van der Waals surface area contributed by atoms with Gasteiger partial charge in [0.25, 0.3) is 0 Å². The predicted octanol–water partition coefficient (Wildman–Crippen LogP) is 1.19. The van der Waals surface area contributed by atoms with E-state index in [-0.39, 0.29) is 12.4 Å². The molecule has 0 aliphatic carbocycles. The van der Waals surface area contributed by atoms with Crippen LogP contribution in [0.3, 0.4) is 0 Å². The number of para-hydroxylation sites is 1. The third-order valence-corrected chi connectivity index (χ3v) is 6.52. The summed E-state index contributed by atoms with van der Waals surface area (Å²) in [6, 6.07) is 12.9. The largest absolute Gasteiger partial charge is 0.492 e. The Labute approximate surface area is 169 Å². The van der Waals surface area contributed by atoms with E-state index in [1.54, 1.807) is 10.9 Å². The van der Waals surface area contributed by atoms with Gasteiger partial charge in [0, 0.05) is 44.6 Å². The van der Waals surface area contributed by atoms with Gasteiger partial charge in [0.2, 0.25) is 10.0 Å². The summed E-state index contributed by atoms with van der Waals surface area (Å²) in [5.41, 5.74) is 0. The summed E-state index contributed by atoms with van der Waals surface area (Å²) in [7, 11) is -3.37. The van der Waals surface area contributed by atoms with Crippen LogP contribution in [0.2, 0.25) is 0 Å². The standard InChI is InChI=1S/C19H22N6O3S/c26-29(27,14-13-28-17-5-2-1-3-6-17)24-11-9-23(10-12-24)18-15-19(21-16-20-18)25-8-4-7-22-25/h1-8,15-16H,9-14H2. The minimum Gasteiger partial charge on any atom is -0.492 e. The van der Waals surface area contributed by atoms with Gasteiger partial charge >= 0.3 is 0 Å². The number of benzene rings is 1. The number of hydrogen-bond donors (Lipinski definition) is 0. The Morgan fingerprint density at radius 2 is 1.72 bits per heavy atom. The molecule has 29 heavy (non-hydrogen) atoms. The zero-order chi connectivity index (χ0) is 20.1. The van der Waals surface area contributed by atoms with Gasteiger partial charge in [0.1, 0.15) is 24.5 Å². The van der Waals surface area contributed by atoms with Crippen molar-refractivity contribution in [2.75, 3.05) is 43.4 Å². The molecule has 9 nitrogen and oxygen atoms in total. The Balaban J connectivity index is 1.32. The van der Waals surface area contributed by atoms with Crippen molar-refractivity contribution in [2.24, 2.45) is 0 Å². The molecule has 0 spiro atoms. The van der Waals surface area contributed by atoms with Gasteiger partial charge in [0.15, 0.2) is 5.82 Å². The van der Waals surface area contributed by atoms with E-state index in [1.807, 2.05) is 48.7 Å². The molecule has 0 unspecified atom stereocenters. The molecule has 10 heteroatoms. The van der Waals surface area contributed by atoms with Crippen molar-refractivity contribution in [1.29, 1.82) is 0 Å². The van der Waals surface area contributed by atoms with E-state index in [9.17, 15) is 8.42 Å². The predicted molar refractivity (Wildman–Crippen MR) is 109 cm³/mol. The molecule has 0 amide bonds. The molecule has 1 fully saturated rings. The van der Waals surface area contributed by atoms with Crippen LogP contribution in [-0.4, -0.2) is 71.0 Å². The molecule has 0 saturated carbocycles. The second-order valence-corrected chi connectivity index (χ2v) is 8.64. The number of anilines is 1. The first-order valence-electron chi connectivity index (χ1n) is 9.34. The molecule has 2 aromatic heterocycles. The molecule has 0 bridgehead atoms. The summed E-state index contributed by atoms with van der Waals surface area (Å²) in [6.07, 6.45) is 5.00. The first-order valence-corrected chi connectivity index (χ1v) is 11.0. The fourth-order valence-corrected chi connectivity index (χ4v) is 4.42. The SMILES string of the molecule is O=S(=O)(CCOc1ccccc1)N1CCN(c2cc(-n3cccn3)ncn2)CC1. The van der Waals surface area contributed by atoms with Crippen LogP contribution >= 0.6 is 0 Å². The van der Waals surface area contributed by atoms with Gasteiger partial charge in [0.05, 0.1) is 5.75 Å². The second kappa shape index (κ2) is 8.58. The molecule has 4 rings (SSSR count). The lowest BCUT2D eigenvalue weighted by atomic mass is 10.3. The quantitative estimate of drug-likeness (QED) is 0.573. The van der Waals surface area contributed by atoms with Gasteiger partial charge in [-0.15, -0.1) is 0 Å². The van der Waals surface area contributed by atoms with E-state index >= 15 is 0 Å². The normalized spacial score (nSPS) is 15.4. The summed E-state index contributed by atoms with van der Waals surface area (Å²) in [6.45, 7) is 2.08. The van der Waals surface area contributed by atoms with Crippen molar-refractivity contribution in [3.63, 3.8) is 0 Å². The average Bonchev–Trinajstić information content (AvgIpc) is 3.30. The average molecular weight is 414 g/mol. The second-order valence-electron chi connectivity index (χ2n) is 6.55. The van der Waals surface area contributed by atoms with Crippen LogP contribution < -0.4 is 9.64 Å². The molecule has 1 saturated heterocycles. The minimum absolute atomic E-state index is 0.0428. The molecule has 0 atom stereocenters. The van der Waals surface area contributed by atoms with Crippen molar-refractivity contribution in [1.82, 2.24) is 24.1 Å². The van der Waals surface area contributed by atoms with Crippen LogP contribution in [0, 0.1) is 0 Å². The third kappa shape index (κ3) is 4.72. The molecule has 152 valence electrons. The maximum atomic E-state index is 12.6. The van der Waals surface area contributed by atoms with E-state index in [1.165, 1.54) is 10.6 Å². The van der Waals surface area contributed by atoms with Crippen molar-refractivity contribution in [3.05, 3.63) is 61.2 Å². The number of ether oxygens (including phenoxy) is 1. The lowest BCUT2D eigenvalue weighted by molar-refractivity contribution is 0.331. The molecule has 1 aliphatic heterocycles. The van der Waals surface area contributed by atoms with E-state index in [2.05, 4.69) is 20.0 Å². The van der Waals surface area contributed by atoms with Crippen molar-refractivity contribution >= 4 is 15.8 Å². The number of rotatable bonds is 7. The van der Waals surface area contributed by atoms with Crippen LogP contribution in [0.4, 0.5) is 5.82 Å². The monoisotopic (exact) mass is 414 g/mol. The zero-order valence-corrected chi connectivity index (χ0v) is 16.6. The van der Waals surface area contributed by atoms with Gasteiger partial charge in [-0.1, -0.05) is 18.2 Å². The van der Waals surface area contributed by atoms with E-state index in [0.717, 1.165) is 5.82 Å². The molecule has 3 heterocycles. The third-order valence-electron chi connectivity index (χ3n) is 4.69. The summed E-state index contributed by atoms with van der Waals surface area (Å²) in [5.74, 6) is 2.06. The zero-order valence-electron chi connectivity index (χ0n) is 15.8. The smallest absolute Gasteiger partial charge is 0.217 e. The maximum absolute atomic E-state index is 12.6. The first kappa shape index (κ1) is 19.3. The Morgan fingerprint density at radius 1 is 0.966 bits per heavy atom. The number of aromatic nitrogens is 4. The van der Waals surface area contributed by atoms with Crippen molar-refractivity contribution < 1.29 is 13.2 Å². The van der Waals surface area contributed by atoms with Gasteiger partial charge < -0.3 is 9.64 Å². The highest BCUT2D eigenvalue weighted by atomic mass is 32.2. The molecule has 3 aromatic rings.